The smallest absolute Gasteiger partial charge is 0.226 e. The van der Waals surface area contributed by atoms with E-state index >= 15 is 0 Å². The largest absolute Gasteiger partial charge is 0.488 e. The number of methoxy groups -OCH3 is 1. The molecule has 1 saturated heterocycles. The highest BCUT2D eigenvalue weighted by Crippen LogP contribution is 2.46. The minimum Gasteiger partial charge on any atom is -0.488 e. The van der Waals surface area contributed by atoms with Crippen molar-refractivity contribution in [3.05, 3.63) is 243 Å². The Morgan fingerprint density at radius 3 is 1.56 bits per heavy atom. The quantitative estimate of drug-likeness (QED) is 0.0470. The number of benzene rings is 7. The average molecular weight is 936 g/mol. The monoisotopic (exact) mass is 934 g/mol. The van der Waals surface area contributed by atoms with Crippen LogP contribution in [0.2, 0.25) is 5.02 Å². The third kappa shape index (κ3) is 13.5. The molecule has 1 fully saturated rings. The zero-order valence-corrected chi connectivity index (χ0v) is 39.1. The van der Waals surface area contributed by atoms with Gasteiger partial charge in [0.15, 0.2) is 0 Å². The molecular formula is C58H59ClO9. The van der Waals surface area contributed by atoms with E-state index in [4.69, 9.17) is 49.5 Å². The van der Waals surface area contributed by atoms with E-state index in [-0.39, 0.29) is 39.8 Å². The number of hydrogen-bond donors (Lipinski definition) is 1. The molecule has 0 amide bonds. The molecule has 0 spiro atoms. The number of hydrogen-bond acceptors (Lipinski definition) is 9. The Hall–Kier alpha value is -5.69. The van der Waals surface area contributed by atoms with Crippen molar-refractivity contribution in [2.45, 2.75) is 76.1 Å². The molecule has 1 heterocycles. The first-order chi connectivity index (χ1) is 33.4. The lowest BCUT2D eigenvalue weighted by molar-refractivity contribution is -0.379. The molecule has 0 aliphatic carbocycles. The summed E-state index contributed by atoms with van der Waals surface area (Å²) in [6, 6.07) is 61.6. The Bertz CT molecular complexity index is 2530. The molecule has 1 aliphatic rings. The van der Waals surface area contributed by atoms with Crippen molar-refractivity contribution < 1.29 is 43.0 Å². The Kier molecular flexibility index (Phi) is 18.0. The van der Waals surface area contributed by atoms with Crippen molar-refractivity contribution in [3.8, 4) is 5.75 Å². The van der Waals surface area contributed by atoms with Crippen LogP contribution in [0.5, 0.6) is 5.75 Å². The summed E-state index contributed by atoms with van der Waals surface area (Å²) in [4.78, 5) is 0. The Morgan fingerprint density at radius 1 is 0.529 bits per heavy atom. The molecule has 1 N–H and O–H groups in total. The van der Waals surface area contributed by atoms with Gasteiger partial charge in [0.1, 0.15) is 43.6 Å². The van der Waals surface area contributed by atoms with E-state index < -0.39 is 30.2 Å². The molecule has 352 valence electrons. The van der Waals surface area contributed by atoms with Gasteiger partial charge in [0.2, 0.25) is 5.79 Å². The van der Waals surface area contributed by atoms with Gasteiger partial charge in [-0.05, 0) is 69.5 Å². The van der Waals surface area contributed by atoms with E-state index in [0.717, 1.165) is 50.9 Å². The summed E-state index contributed by atoms with van der Waals surface area (Å²) in [5.41, 5.74) is 7.98. The summed E-state index contributed by atoms with van der Waals surface area (Å²) in [7, 11) is 1.61. The van der Waals surface area contributed by atoms with Gasteiger partial charge in [-0.25, -0.2) is 0 Å². The number of ether oxygens (including phenoxy) is 8. The van der Waals surface area contributed by atoms with E-state index in [1.54, 1.807) is 13.2 Å². The van der Waals surface area contributed by atoms with Crippen LogP contribution in [0, 0.1) is 0 Å². The van der Waals surface area contributed by atoms with Crippen molar-refractivity contribution in [3.63, 3.8) is 0 Å². The fraction of sp³-hybridized carbons (Fsp3) is 0.276. The molecule has 0 bridgehead atoms. The molecule has 7 aromatic carbocycles. The lowest BCUT2D eigenvalue weighted by atomic mass is 9.85. The maximum atomic E-state index is 13.9. The van der Waals surface area contributed by atoms with Gasteiger partial charge >= 0.3 is 0 Å². The molecule has 68 heavy (non-hydrogen) atoms. The third-order valence-corrected chi connectivity index (χ3v) is 12.2. The maximum absolute atomic E-state index is 13.9. The first-order valence-electron chi connectivity index (χ1n) is 23.1. The van der Waals surface area contributed by atoms with Crippen LogP contribution >= 0.6 is 11.6 Å². The Morgan fingerprint density at radius 2 is 1.01 bits per heavy atom. The van der Waals surface area contributed by atoms with Crippen LogP contribution in [0.3, 0.4) is 0 Å². The average Bonchev–Trinajstić information content (AvgIpc) is 3.38. The number of halogens is 1. The molecule has 9 nitrogen and oxygen atoms in total. The van der Waals surface area contributed by atoms with E-state index in [1.807, 2.05) is 158 Å². The lowest BCUT2D eigenvalue weighted by Gasteiger charge is -2.50. The van der Waals surface area contributed by atoms with E-state index in [0.29, 0.717) is 36.0 Å². The summed E-state index contributed by atoms with van der Waals surface area (Å²) < 4.78 is 51.8. The van der Waals surface area contributed by atoms with Gasteiger partial charge in [0.05, 0.1) is 45.2 Å². The van der Waals surface area contributed by atoms with Crippen LogP contribution in [0.1, 0.15) is 50.1 Å². The second-order valence-corrected chi connectivity index (χ2v) is 17.3. The van der Waals surface area contributed by atoms with Crippen LogP contribution in [0.25, 0.3) is 0 Å². The second-order valence-electron chi connectivity index (χ2n) is 16.9. The fourth-order valence-electron chi connectivity index (χ4n) is 8.32. The van der Waals surface area contributed by atoms with E-state index in [1.165, 1.54) is 0 Å². The maximum Gasteiger partial charge on any atom is 0.226 e. The van der Waals surface area contributed by atoms with Crippen LogP contribution in [0.4, 0.5) is 0 Å². The van der Waals surface area contributed by atoms with Crippen molar-refractivity contribution in [2.75, 3.05) is 27.1 Å². The van der Waals surface area contributed by atoms with Crippen LogP contribution < -0.4 is 4.74 Å². The van der Waals surface area contributed by atoms with Crippen molar-refractivity contribution in [2.24, 2.45) is 0 Å². The van der Waals surface area contributed by atoms with E-state index in [2.05, 4.69) is 24.3 Å². The van der Waals surface area contributed by atoms with E-state index in [9.17, 15) is 5.11 Å². The molecule has 8 rings (SSSR count). The van der Waals surface area contributed by atoms with Gasteiger partial charge in [-0.15, -0.1) is 0 Å². The van der Waals surface area contributed by atoms with Crippen molar-refractivity contribution in [1.82, 2.24) is 0 Å². The summed E-state index contributed by atoms with van der Waals surface area (Å²) in [6.45, 7) is 1.94. The van der Waals surface area contributed by atoms with Crippen LogP contribution in [-0.4, -0.2) is 56.6 Å². The normalized spacial score (nSPS) is 19.2. The van der Waals surface area contributed by atoms with Gasteiger partial charge in [0, 0.05) is 12.1 Å². The van der Waals surface area contributed by atoms with Crippen molar-refractivity contribution >= 4 is 11.6 Å². The van der Waals surface area contributed by atoms with Gasteiger partial charge in [0.25, 0.3) is 0 Å². The van der Waals surface area contributed by atoms with Gasteiger partial charge in [-0.1, -0.05) is 188 Å². The molecule has 10 heteroatoms. The molecule has 1 aliphatic heterocycles. The molecule has 0 saturated carbocycles. The molecule has 7 aromatic rings. The first-order valence-corrected chi connectivity index (χ1v) is 23.5. The standard InChI is InChI=1S/C58H59ClO9/c1-61-42-62-32-31-43-27-29-44(30-28-43)33-50-34-51(53(35-52(50)59)64-37-46-19-9-3-10-20-46)58(60)57(67-40-49-25-15-6-16-26-49)56(66-39-48-23-13-5-14-24-48)55(65-38-47-21-11-4-12-22-47)54(68-58)41-63-36-45-17-7-2-8-18-45/h2-30,34-35,54-57,60H,31-33,36-42H2,1H3/t54-,55-,56+,57-,58+/m1/s1. The highest BCUT2D eigenvalue weighted by atomic mass is 35.5. The molecule has 0 radical (unpaired) electrons. The number of rotatable bonds is 24. The topological polar surface area (TPSA) is 94.1 Å². The second kappa shape index (κ2) is 25.1. The minimum atomic E-state index is -2.21. The minimum absolute atomic E-state index is 0.0524. The van der Waals surface area contributed by atoms with Gasteiger partial charge in [-0.2, -0.15) is 0 Å². The van der Waals surface area contributed by atoms with Crippen molar-refractivity contribution in [1.29, 1.82) is 0 Å². The third-order valence-electron chi connectivity index (χ3n) is 11.9. The van der Waals surface area contributed by atoms with Gasteiger partial charge in [-0.3, -0.25) is 0 Å². The highest BCUT2D eigenvalue weighted by Gasteiger charge is 2.58. The van der Waals surface area contributed by atoms with Crippen LogP contribution in [0.15, 0.2) is 188 Å². The molecule has 5 atom stereocenters. The lowest BCUT2D eigenvalue weighted by Crippen LogP contribution is -2.65. The summed E-state index contributed by atoms with van der Waals surface area (Å²) in [6.07, 6.45) is -2.53. The summed E-state index contributed by atoms with van der Waals surface area (Å²) >= 11 is 7.22. The zero-order valence-electron chi connectivity index (χ0n) is 38.4. The highest BCUT2D eigenvalue weighted by molar-refractivity contribution is 6.31. The summed E-state index contributed by atoms with van der Waals surface area (Å²) in [5.74, 6) is -1.87. The SMILES string of the molecule is COCOCCc1ccc(Cc2cc([C@]3(O)O[C@H](COCc4ccccc4)[C@@H](OCc4ccccc4)[C@H](OCc4ccccc4)[C@H]3OCc3ccccc3)c(OCc3ccccc3)cc2Cl)cc1. The predicted octanol–water partition coefficient (Wildman–Crippen LogP) is 11.2. The zero-order chi connectivity index (χ0) is 46.8. The molecular weight excluding hydrogens is 876 g/mol. The first kappa shape index (κ1) is 48.8. The molecule has 0 aromatic heterocycles. The molecule has 0 unspecified atom stereocenters. The fourth-order valence-corrected chi connectivity index (χ4v) is 8.54. The number of aliphatic hydroxyl groups is 1. The predicted molar refractivity (Wildman–Crippen MR) is 263 cm³/mol. The Balaban J connectivity index is 1.23. The summed E-state index contributed by atoms with van der Waals surface area (Å²) in [5, 5.41) is 14.3. The Labute approximate surface area is 405 Å². The van der Waals surface area contributed by atoms with Crippen LogP contribution in [-0.2, 0) is 84.8 Å². The van der Waals surface area contributed by atoms with Gasteiger partial charge < -0.3 is 43.0 Å².